The Kier molecular flexibility index (Phi) is 5.06. The van der Waals surface area contributed by atoms with Crippen LogP contribution in [-0.2, 0) is 0 Å². The molecule has 0 aromatic heterocycles. The van der Waals surface area contributed by atoms with E-state index in [1.807, 2.05) is 31.2 Å². The number of halogens is 1. The lowest BCUT2D eigenvalue weighted by Gasteiger charge is -2.23. The van der Waals surface area contributed by atoms with Crippen molar-refractivity contribution >= 4 is 17.2 Å². The van der Waals surface area contributed by atoms with Crippen molar-refractivity contribution in [2.45, 2.75) is 20.8 Å². The van der Waals surface area contributed by atoms with E-state index in [1.165, 1.54) is 0 Å². The molecule has 1 rings (SSSR count). The van der Waals surface area contributed by atoms with Gasteiger partial charge in [0.05, 0.1) is 5.57 Å². The maximum atomic E-state index is 9.30. The van der Waals surface area contributed by atoms with Crippen molar-refractivity contribution in [3.8, 4) is 6.07 Å². The second-order valence-electron chi connectivity index (χ2n) is 3.75. The fourth-order valence-corrected chi connectivity index (χ4v) is 2.04. The Morgan fingerprint density at radius 2 is 2.00 bits per heavy atom. The third-order valence-electron chi connectivity index (χ3n) is 2.82. The highest BCUT2D eigenvalue weighted by atomic mass is 35.5. The van der Waals surface area contributed by atoms with Gasteiger partial charge in [-0.2, -0.15) is 5.26 Å². The minimum Gasteiger partial charge on any atom is -0.375 e. The summed E-state index contributed by atoms with van der Waals surface area (Å²) in [5, 5.41) is 9.96. The summed E-state index contributed by atoms with van der Waals surface area (Å²) in [5.74, 6) is 0. The van der Waals surface area contributed by atoms with Crippen LogP contribution in [0, 0.1) is 11.3 Å². The molecule has 0 atom stereocenters. The monoisotopic (exact) mass is 248 g/mol. The van der Waals surface area contributed by atoms with E-state index >= 15 is 0 Å². The molecule has 90 valence electrons. The molecule has 0 aliphatic heterocycles. The zero-order valence-corrected chi connectivity index (χ0v) is 11.3. The molecule has 1 aromatic carbocycles. The van der Waals surface area contributed by atoms with Crippen LogP contribution in [0.4, 0.5) is 0 Å². The van der Waals surface area contributed by atoms with Gasteiger partial charge < -0.3 is 4.90 Å². The molecule has 1 aromatic rings. The van der Waals surface area contributed by atoms with Gasteiger partial charge in [0.2, 0.25) is 0 Å². The summed E-state index contributed by atoms with van der Waals surface area (Å²) in [6.45, 7) is 7.94. The number of nitriles is 1. The second-order valence-corrected chi connectivity index (χ2v) is 4.19. The number of benzene rings is 1. The summed E-state index contributed by atoms with van der Waals surface area (Å²) in [4.78, 5) is 2.17. The average molecular weight is 249 g/mol. The first-order valence-electron chi connectivity index (χ1n) is 5.75. The topological polar surface area (TPSA) is 27.0 Å². The smallest absolute Gasteiger partial charge is 0.102 e. The van der Waals surface area contributed by atoms with Crippen molar-refractivity contribution in [1.29, 1.82) is 5.26 Å². The molecule has 0 heterocycles. The molecule has 17 heavy (non-hydrogen) atoms. The summed E-state index contributed by atoms with van der Waals surface area (Å²) >= 11 is 5.95. The number of nitrogens with zero attached hydrogens (tertiary/aromatic N) is 2. The van der Waals surface area contributed by atoms with Gasteiger partial charge in [-0.3, -0.25) is 0 Å². The average Bonchev–Trinajstić information content (AvgIpc) is 2.31. The predicted molar refractivity (Wildman–Crippen MR) is 72.6 cm³/mol. The molecular formula is C14H17ClN2. The Hall–Kier alpha value is -1.46. The van der Waals surface area contributed by atoms with E-state index in [9.17, 15) is 5.26 Å². The molecule has 0 bridgehead atoms. The molecule has 3 heteroatoms. The highest BCUT2D eigenvalue weighted by molar-refractivity contribution is 6.30. The molecule has 2 nitrogen and oxygen atoms in total. The van der Waals surface area contributed by atoms with Crippen molar-refractivity contribution in [1.82, 2.24) is 4.90 Å². The second kappa shape index (κ2) is 6.32. The van der Waals surface area contributed by atoms with Gasteiger partial charge in [0.15, 0.2) is 0 Å². The van der Waals surface area contributed by atoms with Crippen LogP contribution in [0.15, 0.2) is 30.0 Å². The normalized spacial score (nSPS) is 11.7. The molecule has 0 radical (unpaired) electrons. The Bertz CT molecular complexity index is 454. The quantitative estimate of drug-likeness (QED) is 0.755. The fourth-order valence-electron chi connectivity index (χ4n) is 1.85. The lowest BCUT2D eigenvalue weighted by Crippen LogP contribution is -2.21. The van der Waals surface area contributed by atoms with Crippen LogP contribution in [-0.4, -0.2) is 18.0 Å². The highest BCUT2D eigenvalue weighted by Gasteiger charge is 2.10. The van der Waals surface area contributed by atoms with Crippen molar-refractivity contribution in [3.05, 3.63) is 40.5 Å². The molecule has 0 saturated heterocycles. The Labute approximate surface area is 108 Å². The molecule has 0 fully saturated rings. The van der Waals surface area contributed by atoms with Crippen LogP contribution in [0.5, 0.6) is 0 Å². The van der Waals surface area contributed by atoms with E-state index in [4.69, 9.17) is 11.6 Å². The van der Waals surface area contributed by atoms with Crippen molar-refractivity contribution in [3.63, 3.8) is 0 Å². The summed E-state index contributed by atoms with van der Waals surface area (Å²) < 4.78 is 0. The molecule has 0 spiro atoms. The number of hydrogen-bond acceptors (Lipinski definition) is 2. The van der Waals surface area contributed by atoms with E-state index in [2.05, 4.69) is 24.8 Å². The lowest BCUT2D eigenvalue weighted by molar-refractivity contribution is 0.386. The third kappa shape index (κ3) is 3.25. The maximum Gasteiger partial charge on any atom is 0.102 e. The highest BCUT2D eigenvalue weighted by Crippen LogP contribution is 2.23. The van der Waals surface area contributed by atoms with Gasteiger partial charge in [0.25, 0.3) is 0 Å². The van der Waals surface area contributed by atoms with Gasteiger partial charge in [0, 0.05) is 23.8 Å². The van der Waals surface area contributed by atoms with Gasteiger partial charge in [-0.05, 0) is 38.5 Å². The molecule has 0 N–H and O–H groups in total. The van der Waals surface area contributed by atoms with E-state index < -0.39 is 0 Å². The van der Waals surface area contributed by atoms with Gasteiger partial charge in [-0.1, -0.05) is 23.7 Å². The SMILES string of the molecule is CCN(CC)C(C)=C(C#N)c1cccc(Cl)c1. The minimum absolute atomic E-state index is 0.655. The van der Waals surface area contributed by atoms with Gasteiger partial charge in [0.1, 0.15) is 6.07 Å². The predicted octanol–water partition coefficient (Wildman–Crippen LogP) is 3.94. The molecule has 0 unspecified atom stereocenters. The first-order valence-corrected chi connectivity index (χ1v) is 6.13. The van der Waals surface area contributed by atoms with E-state index in [1.54, 1.807) is 0 Å². The van der Waals surface area contributed by atoms with Crippen molar-refractivity contribution in [2.75, 3.05) is 13.1 Å². The van der Waals surface area contributed by atoms with E-state index in [-0.39, 0.29) is 0 Å². The molecule has 0 aliphatic carbocycles. The molecule has 0 saturated carbocycles. The van der Waals surface area contributed by atoms with E-state index in [0.29, 0.717) is 10.6 Å². The van der Waals surface area contributed by atoms with Crippen LogP contribution in [0.25, 0.3) is 5.57 Å². The standard InChI is InChI=1S/C14H17ClN2/c1-4-17(5-2)11(3)14(10-16)12-7-6-8-13(15)9-12/h6-9H,4-5H2,1-3H3. The van der Waals surface area contributed by atoms with Crippen molar-refractivity contribution in [2.24, 2.45) is 0 Å². The number of hydrogen-bond donors (Lipinski definition) is 0. The minimum atomic E-state index is 0.655. The molecular weight excluding hydrogens is 232 g/mol. The molecule has 0 amide bonds. The van der Waals surface area contributed by atoms with Gasteiger partial charge in [-0.15, -0.1) is 0 Å². The zero-order chi connectivity index (χ0) is 12.8. The van der Waals surface area contributed by atoms with Gasteiger partial charge >= 0.3 is 0 Å². The number of rotatable bonds is 4. The first kappa shape index (κ1) is 13.6. The van der Waals surface area contributed by atoms with Crippen LogP contribution in [0.2, 0.25) is 5.02 Å². The van der Waals surface area contributed by atoms with Crippen LogP contribution in [0.1, 0.15) is 26.3 Å². The summed E-state index contributed by atoms with van der Waals surface area (Å²) in [6.07, 6.45) is 0. The fraction of sp³-hybridized carbons (Fsp3) is 0.357. The lowest BCUT2D eigenvalue weighted by atomic mass is 10.0. The maximum absolute atomic E-state index is 9.30. The largest absolute Gasteiger partial charge is 0.375 e. The Balaban J connectivity index is 3.23. The molecule has 0 aliphatic rings. The van der Waals surface area contributed by atoms with E-state index in [0.717, 1.165) is 24.4 Å². The summed E-state index contributed by atoms with van der Waals surface area (Å²) in [6, 6.07) is 9.69. The first-order chi connectivity index (χ1) is 8.13. The van der Waals surface area contributed by atoms with Crippen LogP contribution in [0.3, 0.4) is 0 Å². The van der Waals surface area contributed by atoms with Crippen LogP contribution >= 0.6 is 11.6 Å². The number of allylic oxidation sites excluding steroid dienone is 2. The Morgan fingerprint density at radius 1 is 1.35 bits per heavy atom. The van der Waals surface area contributed by atoms with Crippen molar-refractivity contribution < 1.29 is 0 Å². The summed E-state index contributed by atoms with van der Waals surface area (Å²) in [5.41, 5.74) is 2.57. The van der Waals surface area contributed by atoms with Crippen LogP contribution < -0.4 is 0 Å². The zero-order valence-electron chi connectivity index (χ0n) is 10.5. The van der Waals surface area contributed by atoms with Gasteiger partial charge in [-0.25, -0.2) is 0 Å². The summed E-state index contributed by atoms with van der Waals surface area (Å²) in [7, 11) is 0. The Morgan fingerprint density at radius 3 is 2.47 bits per heavy atom. The third-order valence-corrected chi connectivity index (χ3v) is 3.06.